The number of carbonyl (C=O) groups is 2. The molecule has 20 heavy (non-hydrogen) atoms. The predicted molar refractivity (Wildman–Crippen MR) is 73.1 cm³/mol. The van der Waals surface area contributed by atoms with E-state index in [1.54, 1.807) is 4.90 Å². The molecule has 112 valence electrons. The van der Waals surface area contributed by atoms with Crippen molar-refractivity contribution in [3.05, 3.63) is 0 Å². The van der Waals surface area contributed by atoms with Gasteiger partial charge in [0, 0.05) is 19.1 Å². The fourth-order valence-electron chi connectivity index (χ4n) is 2.91. The second kappa shape index (κ2) is 6.10. The van der Waals surface area contributed by atoms with Gasteiger partial charge >= 0.3 is 0 Å². The van der Waals surface area contributed by atoms with Gasteiger partial charge in [-0.05, 0) is 32.2 Å². The molecular weight excluding hydrogens is 258 g/mol. The Hall–Kier alpha value is -1.14. The Morgan fingerprint density at radius 2 is 2.10 bits per heavy atom. The predicted octanol–water partition coefficient (Wildman–Crippen LogP) is -0.508. The van der Waals surface area contributed by atoms with Gasteiger partial charge in [0.1, 0.15) is 6.04 Å². The first-order chi connectivity index (χ1) is 9.75. The number of ether oxygens (including phenoxy) is 1. The van der Waals surface area contributed by atoms with Crippen LogP contribution in [0.2, 0.25) is 0 Å². The molecule has 3 fully saturated rings. The average Bonchev–Trinajstić information content (AvgIpc) is 3.31. The minimum absolute atomic E-state index is 0.0121. The molecule has 1 saturated carbocycles. The van der Waals surface area contributed by atoms with E-state index < -0.39 is 6.04 Å². The summed E-state index contributed by atoms with van der Waals surface area (Å²) in [6.07, 6.45) is 4.06. The topological polar surface area (TPSA) is 70.7 Å². The Bertz CT molecular complexity index is 378. The van der Waals surface area contributed by atoms with E-state index in [0.29, 0.717) is 25.8 Å². The van der Waals surface area contributed by atoms with Gasteiger partial charge in [-0.15, -0.1) is 0 Å². The van der Waals surface area contributed by atoms with Crippen LogP contribution in [-0.4, -0.2) is 61.6 Å². The molecule has 0 aromatic carbocycles. The zero-order valence-corrected chi connectivity index (χ0v) is 11.8. The lowest BCUT2D eigenvalue weighted by molar-refractivity contribution is -0.152. The summed E-state index contributed by atoms with van der Waals surface area (Å²) in [6.45, 7) is 3.09. The van der Waals surface area contributed by atoms with Crippen LogP contribution in [0.3, 0.4) is 0 Å². The fourth-order valence-corrected chi connectivity index (χ4v) is 2.91. The molecule has 2 unspecified atom stereocenters. The number of amides is 2. The number of carbonyl (C=O) groups excluding carboxylic acids is 2. The van der Waals surface area contributed by atoms with Gasteiger partial charge < -0.3 is 20.3 Å². The lowest BCUT2D eigenvalue weighted by atomic mass is 9.97. The van der Waals surface area contributed by atoms with Crippen LogP contribution < -0.4 is 10.6 Å². The van der Waals surface area contributed by atoms with Gasteiger partial charge in [0.25, 0.3) is 0 Å². The highest BCUT2D eigenvalue weighted by Crippen LogP contribution is 2.21. The van der Waals surface area contributed by atoms with E-state index in [2.05, 4.69) is 10.6 Å². The number of hydrogen-bond acceptors (Lipinski definition) is 4. The van der Waals surface area contributed by atoms with Crippen LogP contribution in [0.5, 0.6) is 0 Å². The third kappa shape index (κ3) is 3.12. The molecule has 3 aliphatic rings. The van der Waals surface area contributed by atoms with Gasteiger partial charge in [-0.3, -0.25) is 9.59 Å². The van der Waals surface area contributed by atoms with Gasteiger partial charge in [-0.25, -0.2) is 0 Å². The number of nitrogens with one attached hydrogen (secondary N) is 2. The molecular formula is C14H23N3O3. The molecule has 2 N–H and O–H groups in total. The Morgan fingerprint density at radius 3 is 2.80 bits per heavy atom. The third-order valence-electron chi connectivity index (χ3n) is 4.28. The molecule has 0 radical (unpaired) electrons. The molecule has 3 rings (SSSR count). The van der Waals surface area contributed by atoms with E-state index in [0.717, 1.165) is 38.8 Å². The van der Waals surface area contributed by atoms with Crippen molar-refractivity contribution in [2.75, 3.05) is 32.8 Å². The molecule has 2 atom stereocenters. The fraction of sp³-hybridized carbons (Fsp3) is 0.857. The molecule has 0 spiro atoms. The highest BCUT2D eigenvalue weighted by Gasteiger charge is 2.38. The van der Waals surface area contributed by atoms with Crippen molar-refractivity contribution >= 4 is 11.8 Å². The van der Waals surface area contributed by atoms with Crippen LogP contribution in [0, 0.1) is 5.92 Å². The second-order valence-corrected chi connectivity index (χ2v) is 5.95. The van der Waals surface area contributed by atoms with Gasteiger partial charge in [0.05, 0.1) is 19.1 Å². The summed E-state index contributed by atoms with van der Waals surface area (Å²) in [4.78, 5) is 26.6. The first-order valence-electron chi connectivity index (χ1n) is 7.65. The maximum Gasteiger partial charge on any atom is 0.245 e. The lowest BCUT2D eigenvalue weighted by Gasteiger charge is -2.37. The molecule has 2 amide bonds. The first kappa shape index (κ1) is 13.8. The smallest absolute Gasteiger partial charge is 0.245 e. The van der Waals surface area contributed by atoms with Crippen molar-refractivity contribution < 1.29 is 14.3 Å². The Labute approximate surface area is 119 Å². The minimum Gasteiger partial charge on any atom is -0.377 e. The lowest BCUT2D eigenvalue weighted by Crippen LogP contribution is -2.58. The zero-order chi connectivity index (χ0) is 13.9. The van der Waals surface area contributed by atoms with E-state index in [9.17, 15) is 9.59 Å². The standard InChI is InChI=1S/C14H23N3O3/c18-13(16-11-3-4-11)12-9-20-7-6-17(12)14(19)10-2-1-5-15-8-10/h10-12,15H,1-9H2,(H,16,18). The number of rotatable bonds is 3. The van der Waals surface area contributed by atoms with Crippen molar-refractivity contribution in [3.63, 3.8) is 0 Å². The molecule has 0 bridgehead atoms. The summed E-state index contributed by atoms with van der Waals surface area (Å²) in [7, 11) is 0. The quantitative estimate of drug-likeness (QED) is 0.731. The van der Waals surface area contributed by atoms with Crippen molar-refractivity contribution in [2.45, 2.75) is 37.8 Å². The Balaban J connectivity index is 1.63. The van der Waals surface area contributed by atoms with Crippen LogP contribution in [0.15, 0.2) is 0 Å². The molecule has 2 heterocycles. The van der Waals surface area contributed by atoms with Gasteiger partial charge in [-0.2, -0.15) is 0 Å². The number of nitrogens with zero attached hydrogens (tertiary/aromatic N) is 1. The van der Waals surface area contributed by atoms with Crippen molar-refractivity contribution in [1.82, 2.24) is 15.5 Å². The average molecular weight is 281 g/mol. The summed E-state index contributed by atoms with van der Waals surface area (Å²) in [5.74, 6) is 0.0684. The number of hydrogen-bond donors (Lipinski definition) is 2. The van der Waals surface area contributed by atoms with E-state index >= 15 is 0 Å². The third-order valence-corrected chi connectivity index (χ3v) is 4.28. The van der Waals surface area contributed by atoms with Crippen molar-refractivity contribution in [3.8, 4) is 0 Å². The highest BCUT2D eigenvalue weighted by atomic mass is 16.5. The van der Waals surface area contributed by atoms with Gasteiger partial charge in [0.15, 0.2) is 0 Å². The van der Waals surface area contributed by atoms with Crippen LogP contribution in [0.4, 0.5) is 0 Å². The maximum absolute atomic E-state index is 12.6. The van der Waals surface area contributed by atoms with Gasteiger partial charge in [0.2, 0.25) is 11.8 Å². The number of morpholine rings is 1. The second-order valence-electron chi connectivity index (χ2n) is 5.95. The summed E-state index contributed by atoms with van der Waals surface area (Å²) in [5, 5.41) is 6.24. The van der Waals surface area contributed by atoms with E-state index in [4.69, 9.17) is 4.74 Å². The van der Waals surface area contributed by atoms with E-state index in [1.807, 2.05) is 0 Å². The molecule has 0 aromatic heterocycles. The SMILES string of the molecule is O=C(NC1CC1)C1COCCN1C(=O)C1CCCNC1. The number of piperidine rings is 1. The normalized spacial score (nSPS) is 30.9. The van der Waals surface area contributed by atoms with Crippen LogP contribution in [0.25, 0.3) is 0 Å². The Morgan fingerprint density at radius 1 is 1.25 bits per heavy atom. The monoisotopic (exact) mass is 281 g/mol. The molecule has 2 aliphatic heterocycles. The molecule has 6 heteroatoms. The highest BCUT2D eigenvalue weighted by molar-refractivity contribution is 5.89. The summed E-state index contributed by atoms with van der Waals surface area (Å²) >= 11 is 0. The van der Waals surface area contributed by atoms with Crippen LogP contribution >= 0.6 is 0 Å². The van der Waals surface area contributed by atoms with Gasteiger partial charge in [-0.1, -0.05) is 0 Å². The minimum atomic E-state index is -0.446. The molecule has 2 saturated heterocycles. The summed E-state index contributed by atoms with van der Waals surface area (Å²) in [5.41, 5.74) is 0. The largest absolute Gasteiger partial charge is 0.377 e. The van der Waals surface area contributed by atoms with E-state index in [-0.39, 0.29) is 17.7 Å². The van der Waals surface area contributed by atoms with Crippen molar-refractivity contribution in [2.24, 2.45) is 5.92 Å². The maximum atomic E-state index is 12.6. The zero-order valence-electron chi connectivity index (χ0n) is 11.8. The first-order valence-corrected chi connectivity index (χ1v) is 7.65. The molecule has 6 nitrogen and oxygen atoms in total. The summed E-state index contributed by atoms with van der Waals surface area (Å²) < 4.78 is 5.40. The van der Waals surface area contributed by atoms with Crippen LogP contribution in [-0.2, 0) is 14.3 Å². The summed E-state index contributed by atoms with van der Waals surface area (Å²) in [6, 6.07) is -0.128. The van der Waals surface area contributed by atoms with Crippen LogP contribution in [0.1, 0.15) is 25.7 Å². The Kier molecular flexibility index (Phi) is 4.21. The van der Waals surface area contributed by atoms with Crippen molar-refractivity contribution in [1.29, 1.82) is 0 Å². The molecule has 1 aliphatic carbocycles. The molecule has 0 aromatic rings. The van der Waals surface area contributed by atoms with E-state index in [1.165, 1.54) is 0 Å².